The second kappa shape index (κ2) is 2.37. The van der Waals surface area contributed by atoms with Crippen LogP contribution in [0.3, 0.4) is 0 Å². The highest BCUT2D eigenvalue weighted by Gasteiger charge is 1.97. The Labute approximate surface area is 56.9 Å². The second-order valence-corrected chi connectivity index (χ2v) is 2.30. The monoisotopic (exact) mass is 147 g/mol. The molecule has 1 heterocycles. The van der Waals surface area contributed by atoms with Crippen molar-refractivity contribution in [3.63, 3.8) is 0 Å². The molecule has 0 N–H and O–H groups in total. The number of ether oxygens (including phenoxy) is 1. The highest BCUT2D eigenvalue weighted by Crippen LogP contribution is 2.26. The van der Waals surface area contributed by atoms with E-state index in [0.717, 1.165) is 0 Å². The Bertz CT molecular complexity index is 173. The van der Waals surface area contributed by atoms with E-state index in [4.69, 9.17) is 16.3 Å². The van der Waals surface area contributed by atoms with Crippen LogP contribution in [0, 0.1) is 5.38 Å². The van der Waals surface area contributed by atoms with Gasteiger partial charge in [0.15, 0.2) is 5.75 Å². The molecule has 1 rings (SSSR count). The van der Waals surface area contributed by atoms with Crippen LogP contribution in [0.1, 0.15) is 0 Å². The van der Waals surface area contributed by atoms with Gasteiger partial charge in [0.2, 0.25) is 0 Å². The van der Waals surface area contributed by atoms with Gasteiger partial charge in [-0.15, -0.1) is 11.3 Å². The molecule has 0 atom stereocenters. The minimum absolute atomic E-state index is 0.636. The van der Waals surface area contributed by atoms with Crippen LogP contribution in [0.25, 0.3) is 0 Å². The fourth-order valence-corrected chi connectivity index (χ4v) is 1.26. The van der Waals surface area contributed by atoms with Gasteiger partial charge in [-0.2, -0.15) is 0 Å². The van der Waals surface area contributed by atoms with Gasteiger partial charge < -0.3 is 4.74 Å². The topological polar surface area (TPSA) is 9.23 Å². The van der Waals surface area contributed by atoms with Crippen LogP contribution < -0.4 is 4.74 Å². The second-order valence-electron chi connectivity index (χ2n) is 1.22. The average Bonchev–Trinajstić information content (AvgIpc) is 2.14. The summed E-state index contributed by atoms with van der Waals surface area (Å²) >= 11 is 7.00. The SMILES string of the molecule is COc1[c]scc1Cl. The zero-order valence-electron chi connectivity index (χ0n) is 4.27. The first-order chi connectivity index (χ1) is 3.84. The fraction of sp³-hybridized carbons (Fsp3) is 0.200. The van der Waals surface area contributed by atoms with E-state index in [2.05, 4.69) is 5.38 Å². The lowest BCUT2D eigenvalue weighted by molar-refractivity contribution is 0.416. The Hall–Kier alpha value is -0.210. The Morgan fingerprint density at radius 1 is 1.88 bits per heavy atom. The van der Waals surface area contributed by atoms with E-state index in [0.29, 0.717) is 10.8 Å². The summed E-state index contributed by atoms with van der Waals surface area (Å²) in [5.74, 6) is 0.636. The highest BCUT2D eigenvalue weighted by atomic mass is 35.5. The molecule has 8 heavy (non-hydrogen) atoms. The van der Waals surface area contributed by atoms with E-state index >= 15 is 0 Å². The number of rotatable bonds is 1. The maximum Gasteiger partial charge on any atom is 0.157 e. The van der Waals surface area contributed by atoms with Crippen LogP contribution in [-0.4, -0.2) is 7.11 Å². The van der Waals surface area contributed by atoms with Crippen molar-refractivity contribution in [2.24, 2.45) is 0 Å². The average molecular weight is 148 g/mol. The first-order valence-corrected chi connectivity index (χ1v) is 3.29. The van der Waals surface area contributed by atoms with Crippen LogP contribution in [0.15, 0.2) is 5.38 Å². The van der Waals surface area contributed by atoms with Crippen molar-refractivity contribution in [3.05, 3.63) is 15.8 Å². The lowest BCUT2D eigenvalue weighted by atomic mass is 10.6. The van der Waals surface area contributed by atoms with Crippen LogP contribution in [-0.2, 0) is 0 Å². The summed E-state index contributed by atoms with van der Waals surface area (Å²) in [4.78, 5) is 0. The zero-order valence-corrected chi connectivity index (χ0v) is 5.84. The van der Waals surface area contributed by atoms with Crippen LogP contribution >= 0.6 is 22.9 Å². The normalized spacial score (nSPS) is 9.25. The number of halogens is 1. The number of methoxy groups -OCH3 is 1. The Morgan fingerprint density at radius 2 is 2.62 bits per heavy atom. The summed E-state index contributed by atoms with van der Waals surface area (Å²) in [6.07, 6.45) is 0. The molecule has 1 aromatic heterocycles. The van der Waals surface area contributed by atoms with Gasteiger partial charge in [-0.3, -0.25) is 0 Å². The van der Waals surface area contributed by atoms with E-state index < -0.39 is 0 Å². The summed E-state index contributed by atoms with van der Waals surface area (Å²) in [5, 5.41) is 5.26. The molecule has 3 heteroatoms. The third-order valence-electron chi connectivity index (χ3n) is 0.735. The molecule has 0 aliphatic rings. The number of hydrogen-bond acceptors (Lipinski definition) is 2. The van der Waals surface area contributed by atoms with Crippen molar-refractivity contribution in [2.75, 3.05) is 7.11 Å². The van der Waals surface area contributed by atoms with Crippen molar-refractivity contribution in [2.45, 2.75) is 0 Å². The maximum atomic E-state index is 5.59. The molecule has 0 aromatic carbocycles. The van der Waals surface area contributed by atoms with Crippen molar-refractivity contribution in [1.82, 2.24) is 0 Å². The Kier molecular flexibility index (Phi) is 1.76. The molecule has 1 aromatic rings. The summed E-state index contributed by atoms with van der Waals surface area (Å²) in [5.41, 5.74) is 0. The van der Waals surface area contributed by atoms with Crippen LogP contribution in [0.2, 0.25) is 5.02 Å². The smallest absolute Gasteiger partial charge is 0.157 e. The van der Waals surface area contributed by atoms with E-state index in [-0.39, 0.29) is 0 Å². The largest absolute Gasteiger partial charge is 0.494 e. The van der Waals surface area contributed by atoms with E-state index in [1.807, 2.05) is 0 Å². The van der Waals surface area contributed by atoms with Gasteiger partial charge in [0.1, 0.15) is 0 Å². The Morgan fingerprint density at radius 3 is 2.88 bits per heavy atom. The molecule has 43 valence electrons. The van der Waals surface area contributed by atoms with E-state index in [9.17, 15) is 0 Å². The molecular weight excluding hydrogens is 144 g/mol. The van der Waals surface area contributed by atoms with Crippen molar-refractivity contribution >= 4 is 22.9 Å². The first-order valence-electron chi connectivity index (χ1n) is 2.03. The van der Waals surface area contributed by atoms with Gasteiger partial charge in [-0.1, -0.05) is 11.6 Å². The van der Waals surface area contributed by atoms with E-state index in [1.165, 1.54) is 11.3 Å². The van der Waals surface area contributed by atoms with Crippen molar-refractivity contribution in [3.8, 4) is 5.75 Å². The molecule has 0 aliphatic heterocycles. The van der Waals surface area contributed by atoms with Crippen molar-refractivity contribution < 1.29 is 4.74 Å². The van der Waals surface area contributed by atoms with Gasteiger partial charge in [0, 0.05) is 5.38 Å². The quantitative estimate of drug-likeness (QED) is 0.592. The van der Waals surface area contributed by atoms with Crippen LogP contribution in [0.5, 0.6) is 5.75 Å². The maximum absolute atomic E-state index is 5.59. The van der Waals surface area contributed by atoms with Gasteiger partial charge in [0.25, 0.3) is 0 Å². The fourth-order valence-electron chi connectivity index (χ4n) is 0.376. The minimum atomic E-state index is 0.636. The zero-order chi connectivity index (χ0) is 5.98. The summed E-state index contributed by atoms with van der Waals surface area (Å²) in [7, 11) is 1.57. The molecule has 0 fully saturated rings. The van der Waals surface area contributed by atoms with Crippen LogP contribution in [0.4, 0.5) is 0 Å². The predicted molar refractivity (Wildman–Crippen MR) is 34.7 cm³/mol. The summed E-state index contributed by atoms with van der Waals surface area (Å²) in [6.45, 7) is 0. The molecule has 0 saturated heterocycles. The summed E-state index contributed by atoms with van der Waals surface area (Å²) < 4.78 is 4.81. The standard InChI is InChI=1S/C5H4ClOS/c1-7-5-3-8-2-4(5)6/h2H,1H3. The minimum Gasteiger partial charge on any atom is -0.494 e. The van der Waals surface area contributed by atoms with E-state index in [1.54, 1.807) is 12.5 Å². The third-order valence-corrected chi connectivity index (χ3v) is 1.80. The molecule has 1 radical (unpaired) electrons. The van der Waals surface area contributed by atoms with Gasteiger partial charge in [0.05, 0.1) is 17.5 Å². The molecule has 0 spiro atoms. The molecule has 0 saturated carbocycles. The summed E-state index contributed by atoms with van der Waals surface area (Å²) in [6, 6.07) is 0. The molecular formula is C5H4ClOS. The lowest BCUT2D eigenvalue weighted by Gasteiger charge is -1.90. The molecule has 0 bridgehead atoms. The molecule has 0 unspecified atom stereocenters. The van der Waals surface area contributed by atoms with Gasteiger partial charge in [-0.25, -0.2) is 0 Å². The Balaban J connectivity index is 2.92. The van der Waals surface area contributed by atoms with Gasteiger partial charge in [-0.05, 0) is 0 Å². The van der Waals surface area contributed by atoms with Crippen molar-refractivity contribution in [1.29, 1.82) is 0 Å². The highest BCUT2D eigenvalue weighted by molar-refractivity contribution is 7.08. The molecule has 0 amide bonds. The third kappa shape index (κ3) is 0.956. The predicted octanol–water partition coefficient (Wildman–Crippen LogP) is 2.21. The first kappa shape index (κ1) is 5.92. The molecule has 0 aliphatic carbocycles. The number of hydrogen-bond donors (Lipinski definition) is 0. The molecule has 1 nitrogen and oxygen atoms in total. The number of thiophene rings is 1. The lowest BCUT2D eigenvalue weighted by Crippen LogP contribution is -1.77. The van der Waals surface area contributed by atoms with Gasteiger partial charge >= 0.3 is 0 Å².